The minimum Gasteiger partial charge on any atom is -0.508 e. The van der Waals surface area contributed by atoms with Crippen LogP contribution < -0.4 is 14.9 Å². The molecule has 2 aromatic carbocycles. The van der Waals surface area contributed by atoms with Crippen LogP contribution in [0.15, 0.2) is 39.5 Å². The van der Waals surface area contributed by atoms with E-state index in [1.54, 1.807) is 0 Å². The molecule has 0 amide bonds. The van der Waals surface area contributed by atoms with Gasteiger partial charge in [-0.05, 0) is 18.2 Å². The third-order valence-corrected chi connectivity index (χ3v) is 11.5. The van der Waals surface area contributed by atoms with Gasteiger partial charge in [0.05, 0.1) is 26.4 Å². The molecule has 7 rings (SSSR count). The molecule has 27 heteroatoms. The highest BCUT2D eigenvalue weighted by atomic mass is 16.8. The van der Waals surface area contributed by atoms with Gasteiger partial charge in [0.25, 0.3) is 0 Å². The Morgan fingerprint density at radius 3 is 1.52 bits per heavy atom. The highest BCUT2D eigenvalue weighted by molar-refractivity contribution is 5.88. The van der Waals surface area contributed by atoms with Crippen molar-refractivity contribution in [1.82, 2.24) is 0 Å². The molecule has 5 heterocycles. The van der Waals surface area contributed by atoms with Crippen LogP contribution in [0, 0.1) is 0 Å². The van der Waals surface area contributed by atoms with Crippen LogP contribution in [-0.2, 0) is 28.4 Å². The van der Waals surface area contributed by atoms with Gasteiger partial charge in [-0.15, -0.1) is 0 Å². The van der Waals surface area contributed by atoms with Crippen LogP contribution in [-0.4, -0.2) is 236 Å². The molecule has 17 N–H and O–H groups in total. The summed E-state index contributed by atoms with van der Waals surface area (Å²) in [6, 6.07) is 4.81. The average Bonchev–Trinajstić information content (AvgIpc) is 3.29. The van der Waals surface area contributed by atoms with Crippen LogP contribution in [0.2, 0.25) is 0 Å². The fourth-order valence-corrected chi connectivity index (χ4v) is 7.85. The third kappa shape index (κ3) is 9.36. The molecule has 20 unspecified atom stereocenters. The molecular formula is C39H50O27. The van der Waals surface area contributed by atoms with Crippen molar-refractivity contribution in [3.8, 4) is 40.1 Å². The van der Waals surface area contributed by atoms with E-state index in [1.165, 1.54) is 0 Å². The van der Waals surface area contributed by atoms with E-state index in [-0.39, 0.29) is 5.56 Å². The first-order chi connectivity index (χ1) is 31.3. The first kappa shape index (κ1) is 49.7. The van der Waals surface area contributed by atoms with Gasteiger partial charge >= 0.3 is 0 Å². The molecule has 66 heavy (non-hydrogen) atoms. The molecule has 0 saturated carbocycles. The number of phenols is 3. The number of hydrogen-bond donors (Lipinski definition) is 17. The Balaban J connectivity index is 1.19. The maximum atomic E-state index is 14.1. The second-order valence-corrected chi connectivity index (χ2v) is 15.9. The number of fused-ring (bicyclic) bond motifs is 1. The van der Waals surface area contributed by atoms with Gasteiger partial charge in [-0.1, -0.05) is 0 Å². The Bertz CT molecular complexity index is 2190. The van der Waals surface area contributed by atoms with Crippen LogP contribution >= 0.6 is 0 Å². The SMILES string of the molecule is O=c1c(OC2OC(CO)C(OC3OC(CO)C(O)C(O)C3O)C(O)C2O)c(-c2ccc(OC3OC(CO)C(O)C(O)C3OC3OC(CO)C(O)C(O)C3O)c(O)c2)oc2cc(O)cc(O)c12. The molecular weight excluding hydrogens is 900 g/mol. The second-order valence-electron chi connectivity index (χ2n) is 15.9. The number of aliphatic hydroxyl groups excluding tert-OH is 14. The molecule has 4 aliphatic rings. The van der Waals surface area contributed by atoms with Crippen LogP contribution in [0.3, 0.4) is 0 Å². The van der Waals surface area contributed by atoms with Gasteiger partial charge in [0.2, 0.25) is 23.8 Å². The average molecular weight is 951 g/mol. The smallest absolute Gasteiger partial charge is 0.239 e. The van der Waals surface area contributed by atoms with Gasteiger partial charge in [0.15, 0.2) is 35.9 Å². The third-order valence-electron chi connectivity index (χ3n) is 11.5. The van der Waals surface area contributed by atoms with Crippen molar-refractivity contribution >= 4 is 11.0 Å². The van der Waals surface area contributed by atoms with Crippen molar-refractivity contribution in [2.45, 2.75) is 123 Å². The fraction of sp³-hybridized carbons (Fsp3) is 0.615. The normalized spacial score (nSPS) is 39.7. The van der Waals surface area contributed by atoms with Crippen LogP contribution in [0.25, 0.3) is 22.3 Å². The van der Waals surface area contributed by atoms with Gasteiger partial charge in [0, 0.05) is 17.7 Å². The lowest BCUT2D eigenvalue weighted by atomic mass is 9.97. The van der Waals surface area contributed by atoms with Crippen molar-refractivity contribution < 1.29 is 129 Å². The number of aliphatic hydroxyl groups is 14. The van der Waals surface area contributed by atoms with Gasteiger partial charge in [0.1, 0.15) is 114 Å². The topological polar surface area (TPSA) is 448 Å². The van der Waals surface area contributed by atoms with E-state index in [2.05, 4.69) is 0 Å². The van der Waals surface area contributed by atoms with Crippen molar-refractivity contribution in [2.24, 2.45) is 0 Å². The van der Waals surface area contributed by atoms with Gasteiger partial charge < -0.3 is 129 Å². The molecule has 4 fully saturated rings. The minimum atomic E-state index is -2.19. The minimum absolute atomic E-state index is 0.243. The number of benzene rings is 2. The highest BCUT2D eigenvalue weighted by Crippen LogP contribution is 2.41. The van der Waals surface area contributed by atoms with E-state index in [0.717, 1.165) is 30.3 Å². The Kier molecular flexibility index (Phi) is 15.2. The number of rotatable bonds is 13. The summed E-state index contributed by atoms with van der Waals surface area (Å²) in [6.07, 6.45) is -36.9. The standard InChI is InChI=1S/C39H50O27/c40-6-16-21(47)25(51)29(55)36(60-16)64-33-19(9-43)63-38(31(57)28(33)54)65-34-24(50)20-13(46)4-11(44)5-15(20)58-32(34)10-1-2-14(12(45)3-10)59-39-35(27(53)23(49)18(8-42)62-39)66-37-30(56)26(52)22(48)17(7-41)61-37/h1-5,16-19,21-23,25-31,33,35-49,51-57H,6-9H2. The molecule has 0 aliphatic carbocycles. The Labute approximate surface area is 369 Å². The number of hydrogen-bond acceptors (Lipinski definition) is 27. The predicted octanol–water partition coefficient (Wildman–Crippen LogP) is -7.42. The first-order valence-electron chi connectivity index (χ1n) is 20.2. The van der Waals surface area contributed by atoms with Crippen LogP contribution in [0.5, 0.6) is 28.7 Å². The van der Waals surface area contributed by atoms with Gasteiger partial charge in [-0.2, -0.15) is 0 Å². The van der Waals surface area contributed by atoms with E-state index in [1.807, 2.05) is 0 Å². The summed E-state index contributed by atoms with van der Waals surface area (Å²) in [5, 5.41) is 177. The zero-order chi connectivity index (χ0) is 48.0. The number of aromatic hydroxyl groups is 3. The van der Waals surface area contributed by atoms with E-state index in [0.29, 0.717) is 0 Å². The molecule has 368 valence electrons. The van der Waals surface area contributed by atoms with Gasteiger partial charge in [-0.25, -0.2) is 0 Å². The number of ether oxygens (including phenoxy) is 8. The molecule has 20 atom stereocenters. The summed E-state index contributed by atoms with van der Waals surface area (Å²) in [5.41, 5.74) is -1.87. The molecule has 4 saturated heterocycles. The van der Waals surface area contributed by atoms with Crippen molar-refractivity contribution in [3.63, 3.8) is 0 Å². The summed E-state index contributed by atoms with van der Waals surface area (Å²) in [7, 11) is 0. The van der Waals surface area contributed by atoms with Crippen LogP contribution in [0.4, 0.5) is 0 Å². The Hall–Kier alpha value is -4.15. The summed E-state index contributed by atoms with van der Waals surface area (Å²) in [4.78, 5) is 14.1. The zero-order valence-electron chi connectivity index (χ0n) is 33.9. The number of phenolic OH excluding ortho intramolecular Hbond substituents is 3. The summed E-state index contributed by atoms with van der Waals surface area (Å²) in [5.74, 6) is -4.13. The molecule has 27 nitrogen and oxygen atoms in total. The van der Waals surface area contributed by atoms with Crippen molar-refractivity contribution in [1.29, 1.82) is 0 Å². The van der Waals surface area contributed by atoms with E-state index in [4.69, 9.17) is 42.3 Å². The molecule has 4 aliphatic heterocycles. The lowest BCUT2D eigenvalue weighted by Gasteiger charge is -2.45. The maximum Gasteiger partial charge on any atom is 0.239 e. The van der Waals surface area contributed by atoms with Crippen LogP contribution in [0.1, 0.15) is 0 Å². The Morgan fingerprint density at radius 2 is 0.970 bits per heavy atom. The van der Waals surface area contributed by atoms with Crippen molar-refractivity contribution in [3.05, 3.63) is 40.6 Å². The monoisotopic (exact) mass is 950 g/mol. The van der Waals surface area contributed by atoms with E-state index >= 15 is 0 Å². The lowest BCUT2D eigenvalue weighted by molar-refractivity contribution is -0.358. The summed E-state index contributed by atoms with van der Waals surface area (Å²) >= 11 is 0. The molecule has 0 spiro atoms. The molecule has 1 aromatic heterocycles. The quantitative estimate of drug-likeness (QED) is 0.0757. The Morgan fingerprint density at radius 1 is 0.485 bits per heavy atom. The molecule has 3 aromatic rings. The maximum absolute atomic E-state index is 14.1. The summed E-state index contributed by atoms with van der Waals surface area (Å²) in [6.45, 7) is -3.56. The highest BCUT2D eigenvalue weighted by Gasteiger charge is 2.53. The zero-order valence-corrected chi connectivity index (χ0v) is 33.9. The van der Waals surface area contributed by atoms with E-state index < -0.39 is 200 Å². The molecule has 0 bridgehead atoms. The first-order valence-corrected chi connectivity index (χ1v) is 20.2. The lowest BCUT2D eigenvalue weighted by Crippen LogP contribution is -2.65. The second kappa shape index (κ2) is 20.2. The van der Waals surface area contributed by atoms with Gasteiger partial charge in [-0.3, -0.25) is 4.79 Å². The van der Waals surface area contributed by atoms with Crippen molar-refractivity contribution in [2.75, 3.05) is 26.4 Å². The molecule has 0 radical (unpaired) electrons. The predicted molar refractivity (Wildman–Crippen MR) is 207 cm³/mol. The van der Waals surface area contributed by atoms with E-state index in [9.17, 15) is 91.6 Å². The summed E-state index contributed by atoms with van der Waals surface area (Å²) < 4.78 is 50.6. The largest absolute Gasteiger partial charge is 0.508 e. The fourth-order valence-electron chi connectivity index (χ4n) is 7.85.